The van der Waals surface area contributed by atoms with Gasteiger partial charge in [-0.2, -0.15) is 0 Å². The molecule has 3 nitrogen and oxygen atoms in total. The summed E-state index contributed by atoms with van der Waals surface area (Å²) in [5, 5.41) is 2.54. The summed E-state index contributed by atoms with van der Waals surface area (Å²) in [5.74, 6) is 0. The fraction of sp³-hybridized carbons (Fsp3) is 0.900. The topological polar surface area (TPSA) is 29.5 Å². The number of amides is 1. The van der Waals surface area contributed by atoms with Crippen molar-refractivity contribution < 1.29 is 9.53 Å². The van der Waals surface area contributed by atoms with E-state index in [1.54, 1.807) is 4.90 Å². The van der Waals surface area contributed by atoms with Gasteiger partial charge in [0, 0.05) is 0 Å². The van der Waals surface area contributed by atoms with Crippen molar-refractivity contribution in [1.29, 1.82) is 0 Å². The van der Waals surface area contributed by atoms with Gasteiger partial charge in [-0.3, -0.25) is 0 Å². The predicted molar refractivity (Wildman–Crippen MR) is 63.5 cm³/mol. The van der Waals surface area contributed by atoms with Crippen LogP contribution in [0.1, 0.15) is 27.2 Å². The van der Waals surface area contributed by atoms with E-state index < -0.39 is 0 Å². The summed E-state index contributed by atoms with van der Waals surface area (Å²) in [7, 11) is 1.87. The third-order valence-corrected chi connectivity index (χ3v) is 9.51. The molecule has 0 radical (unpaired) electrons. The van der Waals surface area contributed by atoms with E-state index in [2.05, 4.69) is 0 Å². The molecule has 1 amide bonds. The molecule has 0 unspecified atom stereocenters. The third-order valence-electron chi connectivity index (χ3n) is 2.11. The fourth-order valence-corrected chi connectivity index (χ4v) is 8.71. The Bertz CT molecular complexity index is 222. The van der Waals surface area contributed by atoms with Gasteiger partial charge in [0.2, 0.25) is 0 Å². The van der Waals surface area contributed by atoms with Gasteiger partial charge in [0.05, 0.1) is 0 Å². The van der Waals surface area contributed by atoms with E-state index in [1.165, 1.54) is 10.6 Å². The number of nitrogens with zero attached hydrogens (tertiary/aromatic N) is 1. The van der Waals surface area contributed by atoms with Gasteiger partial charge in [0.15, 0.2) is 0 Å². The van der Waals surface area contributed by atoms with E-state index in [0.717, 1.165) is 32.7 Å². The molecular formula is C10H19NO2Se2. The van der Waals surface area contributed by atoms with Gasteiger partial charge in [-0.1, -0.05) is 0 Å². The first kappa shape index (κ1) is 13.4. The Labute approximate surface area is 103 Å². The molecule has 0 aromatic heterocycles. The second-order valence-electron chi connectivity index (χ2n) is 4.64. The van der Waals surface area contributed by atoms with E-state index in [1.807, 2.05) is 27.8 Å². The van der Waals surface area contributed by atoms with Crippen LogP contribution in [0.15, 0.2) is 0 Å². The maximum absolute atomic E-state index is 11.8. The summed E-state index contributed by atoms with van der Waals surface area (Å²) in [6.07, 6.45) is 0.995. The normalized spacial score (nSPS) is 22.3. The molecule has 5 heteroatoms. The molecule has 15 heavy (non-hydrogen) atoms. The van der Waals surface area contributed by atoms with Gasteiger partial charge in [0.1, 0.15) is 0 Å². The monoisotopic (exact) mass is 345 g/mol. The van der Waals surface area contributed by atoms with E-state index >= 15 is 0 Å². The van der Waals surface area contributed by atoms with Crippen LogP contribution >= 0.6 is 0 Å². The van der Waals surface area contributed by atoms with Crippen LogP contribution < -0.4 is 0 Å². The van der Waals surface area contributed by atoms with Crippen molar-refractivity contribution in [2.75, 3.05) is 7.05 Å². The molecule has 1 aliphatic rings. The van der Waals surface area contributed by atoms with Crippen LogP contribution in [-0.2, 0) is 4.74 Å². The zero-order valence-corrected chi connectivity index (χ0v) is 13.2. The van der Waals surface area contributed by atoms with Crippen LogP contribution in [0.4, 0.5) is 4.79 Å². The number of hydrogen-bond acceptors (Lipinski definition) is 2. The quantitative estimate of drug-likeness (QED) is 0.680. The molecule has 0 N–H and O–H groups in total. The average molecular weight is 343 g/mol. The van der Waals surface area contributed by atoms with Crippen molar-refractivity contribution >= 4 is 32.4 Å². The van der Waals surface area contributed by atoms with E-state index in [9.17, 15) is 4.79 Å². The molecule has 1 aliphatic heterocycles. The van der Waals surface area contributed by atoms with Gasteiger partial charge in [-0.05, 0) is 0 Å². The first-order chi connectivity index (χ1) is 6.90. The molecule has 0 saturated carbocycles. The SMILES string of the molecule is CN(C(=O)OC(C)(C)C)[C@H]1CC[Se][Se]C1. The van der Waals surface area contributed by atoms with Crippen LogP contribution in [0.2, 0.25) is 10.6 Å². The molecule has 0 aromatic rings. The van der Waals surface area contributed by atoms with Crippen molar-refractivity contribution in [2.45, 2.75) is 49.5 Å². The molecule has 1 fully saturated rings. The summed E-state index contributed by atoms with van der Waals surface area (Å²) in [6.45, 7) is 5.73. The van der Waals surface area contributed by atoms with Gasteiger partial charge >= 0.3 is 103 Å². The first-order valence-corrected chi connectivity index (χ1v) is 11.9. The predicted octanol–water partition coefficient (Wildman–Crippen LogP) is 1.79. The van der Waals surface area contributed by atoms with Crippen molar-refractivity contribution in [1.82, 2.24) is 4.90 Å². The van der Waals surface area contributed by atoms with E-state index in [4.69, 9.17) is 4.74 Å². The molecule has 1 rings (SSSR count). The van der Waals surface area contributed by atoms with Crippen molar-refractivity contribution in [3.8, 4) is 0 Å². The molecule has 0 aliphatic carbocycles. The number of carbonyl (C=O) groups is 1. The first-order valence-electron chi connectivity index (χ1n) is 5.10. The Morgan fingerprint density at radius 2 is 2.07 bits per heavy atom. The molecule has 1 saturated heterocycles. The molecular weight excluding hydrogens is 324 g/mol. The number of hydrogen-bond donors (Lipinski definition) is 0. The Morgan fingerprint density at radius 3 is 2.53 bits per heavy atom. The summed E-state index contributed by atoms with van der Waals surface area (Å²) in [5.41, 5.74) is -0.380. The molecule has 0 bridgehead atoms. The standard InChI is InChI=1S/C10H19NO2Se2/c1-10(2,3)13-9(12)11(4)8-5-6-14-15-7-8/h8H,5-7H2,1-4H3/t8-/m0/s1. The van der Waals surface area contributed by atoms with Crippen LogP contribution in [0.5, 0.6) is 0 Å². The van der Waals surface area contributed by atoms with E-state index in [-0.39, 0.29) is 11.7 Å². The van der Waals surface area contributed by atoms with E-state index in [0.29, 0.717) is 6.04 Å². The maximum atomic E-state index is 11.8. The number of rotatable bonds is 1. The Morgan fingerprint density at radius 1 is 1.40 bits per heavy atom. The molecule has 88 valence electrons. The van der Waals surface area contributed by atoms with Gasteiger partial charge in [0.25, 0.3) is 0 Å². The second kappa shape index (κ2) is 5.58. The average Bonchev–Trinajstić information content (AvgIpc) is 2.15. The Kier molecular flexibility index (Phi) is 4.98. The molecule has 0 spiro atoms. The number of carbonyl (C=O) groups excluding carboxylic acids is 1. The van der Waals surface area contributed by atoms with Crippen LogP contribution in [0.3, 0.4) is 0 Å². The minimum absolute atomic E-state index is 0.169. The van der Waals surface area contributed by atoms with Crippen molar-refractivity contribution in [3.05, 3.63) is 0 Å². The Hall–Kier alpha value is 0.309. The zero-order chi connectivity index (χ0) is 11.5. The van der Waals surface area contributed by atoms with Gasteiger partial charge in [-0.25, -0.2) is 0 Å². The van der Waals surface area contributed by atoms with Crippen LogP contribution in [0.25, 0.3) is 0 Å². The second-order valence-corrected chi connectivity index (χ2v) is 12.3. The Balaban J connectivity index is 2.44. The molecule has 1 atom stereocenters. The number of ether oxygens (including phenoxy) is 1. The minimum atomic E-state index is -0.380. The van der Waals surface area contributed by atoms with Gasteiger partial charge in [-0.15, -0.1) is 0 Å². The van der Waals surface area contributed by atoms with Crippen LogP contribution in [0, 0.1) is 0 Å². The molecule has 1 heterocycles. The van der Waals surface area contributed by atoms with Crippen molar-refractivity contribution in [3.63, 3.8) is 0 Å². The fourth-order valence-electron chi connectivity index (χ4n) is 1.24. The zero-order valence-electron chi connectivity index (χ0n) is 9.78. The van der Waals surface area contributed by atoms with Crippen LogP contribution in [-0.4, -0.2) is 55.9 Å². The summed E-state index contributed by atoms with van der Waals surface area (Å²) in [4.78, 5) is 13.6. The van der Waals surface area contributed by atoms with Crippen molar-refractivity contribution in [2.24, 2.45) is 0 Å². The summed E-state index contributed by atoms with van der Waals surface area (Å²) >= 11 is 1.66. The van der Waals surface area contributed by atoms with Gasteiger partial charge < -0.3 is 0 Å². The summed E-state index contributed by atoms with van der Waals surface area (Å²) in [6, 6.07) is 0.426. The molecule has 0 aromatic carbocycles. The summed E-state index contributed by atoms with van der Waals surface area (Å²) < 4.78 is 5.35. The third kappa shape index (κ3) is 4.77.